The van der Waals surface area contributed by atoms with Crippen molar-refractivity contribution < 1.29 is 18.7 Å². The summed E-state index contributed by atoms with van der Waals surface area (Å²) in [6.07, 6.45) is 4.81. The molecular formula is C26H20N4O5S2. The molecule has 0 aliphatic carbocycles. The van der Waals surface area contributed by atoms with Gasteiger partial charge in [-0.05, 0) is 54.5 Å². The van der Waals surface area contributed by atoms with E-state index in [1.165, 1.54) is 9.30 Å². The topological polar surface area (TPSA) is 98.3 Å². The molecule has 186 valence electrons. The molecule has 0 atom stereocenters. The number of pyridine rings is 1. The van der Waals surface area contributed by atoms with Crippen LogP contribution >= 0.6 is 24.0 Å². The minimum absolute atomic E-state index is 0.174. The van der Waals surface area contributed by atoms with Crippen molar-refractivity contribution in [3.05, 3.63) is 92.6 Å². The van der Waals surface area contributed by atoms with Crippen LogP contribution in [0.1, 0.15) is 22.5 Å². The van der Waals surface area contributed by atoms with Crippen molar-refractivity contribution in [3.63, 3.8) is 0 Å². The minimum atomic E-state index is -0.295. The molecular weight excluding hydrogens is 512 g/mol. The number of ether oxygens (including phenoxy) is 2. The number of aromatic nitrogens is 2. The summed E-state index contributed by atoms with van der Waals surface area (Å²) in [4.78, 5) is 33.5. The van der Waals surface area contributed by atoms with Crippen LogP contribution in [0.25, 0.3) is 11.7 Å². The van der Waals surface area contributed by atoms with Crippen LogP contribution in [0.2, 0.25) is 0 Å². The molecule has 0 unspecified atom stereocenters. The van der Waals surface area contributed by atoms with Crippen molar-refractivity contribution in [3.8, 4) is 11.5 Å². The van der Waals surface area contributed by atoms with Gasteiger partial charge in [0.15, 0.2) is 11.5 Å². The van der Waals surface area contributed by atoms with Crippen LogP contribution in [-0.2, 0) is 17.9 Å². The van der Waals surface area contributed by atoms with Crippen LogP contribution in [0, 0.1) is 6.92 Å². The fourth-order valence-corrected chi connectivity index (χ4v) is 5.39. The monoisotopic (exact) mass is 532 g/mol. The average Bonchev–Trinajstić information content (AvgIpc) is 3.63. The zero-order chi connectivity index (χ0) is 25.5. The number of carbonyl (C=O) groups excluding carboxylic acids is 1. The van der Waals surface area contributed by atoms with Gasteiger partial charge in [-0.25, -0.2) is 4.98 Å². The molecule has 0 radical (unpaired) electrons. The number of aryl methyl sites for hydroxylation is 1. The van der Waals surface area contributed by atoms with Gasteiger partial charge in [-0.2, -0.15) is 0 Å². The molecule has 11 heteroatoms. The summed E-state index contributed by atoms with van der Waals surface area (Å²) in [6, 6.07) is 12.8. The molecule has 1 N–H and O–H groups in total. The molecule has 2 aliphatic rings. The van der Waals surface area contributed by atoms with Gasteiger partial charge in [0.25, 0.3) is 11.5 Å². The van der Waals surface area contributed by atoms with E-state index in [-0.39, 0.29) is 30.4 Å². The first-order valence-electron chi connectivity index (χ1n) is 11.4. The molecule has 2 aliphatic heterocycles. The second-order valence-electron chi connectivity index (χ2n) is 8.45. The van der Waals surface area contributed by atoms with Crippen LogP contribution < -0.4 is 20.3 Å². The lowest BCUT2D eigenvalue weighted by atomic mass is 10.2. The van der Waals surface area contributed by atoms with E-state index in [0.717, 1.165) is 22.9 Å². The third-order valence-corrected chi connectivity index (χ3v) is 7.40. The smallest absolute Gasteiger partial charge is 0.267 e. The van der Waals surface area contributed by atoms with E-state index in [0.29, 0.717) is 44.5 Å². The Morgan fingerprint density at radius 1 is 1.16 bits per heavy atom. The number of thiocarbonyl (C=S) groups is 1. The maximum atomic E-state index is 13.5. The van der Waals surface area contributed by atoms with Gasteiger partial charge in [0.1, 0.15) is 21.5 Å². The van der Waals surface area contributed by atoms with Crippen molar-refractivity contribution in [1.82, 2.24) is 14.3 Å². The molecule has 3 aromatic heterocycles. The number of furan rings is 1. The highest BCUT2D eigenvalue weighted by Gasteiger charge is 2.33. The second-order valence-corrected chi connectivity index (χ2v) is 10.1. The SMILES string of the molecule is Cc1cccn2c(=O)c(/C=C3/SC(=S)N(Cc4ccc5c(c4)OCO5)C3=O)c(NCc3ccco3)nc12. The number of nitrogens with zero attached hydrogens (tertiary/aromatic N) is 3. The molecule has 1 fully saturated rings. The van der Waals surface area contributed by atoms with Gasteiger partial charge < -0.3 is 19.2 Å². The number of benzene rings is 1. The number of anilines is 1. The van der Waals surface area contributed by atoms with E-state index < -0.39 is 0 Å². The normalized spacial score (nSPS) is 15.8. The van der Waals surface area contributed by atoms with Crippen LogP contribution in [0.15, 0.2) is 69.0 Å². The Hall–Kier alpha value is -4.09. The second kappa shape index (κ2) is 9.41. The first kappa shape index (κ1) is 23.3. The molecule has 0 saturated carbocycles. The lowest BCUT2D eigenvalue weighted by molar-refractivity contribution is -0.122. The molecule has 37 heavy (non-hydrogen) atoms. The van der Waals surface area contributed by atoms with E-state index >= 15 is 0 Å². The predicted octanol–water partition coefficient (Wildman–Crippen LogP) is 4.34. The summed E-state index contributed by atoms with van der Waals surface area (Å²) in [5, 5.41) is 3.20. The lowest BCUT2D eigenvalue weighted by Gasteiger charge is -2.15. The molecule has 1 amide bonds. The van der Waals surface area contributed by atoms with Gasteiger partial charge in [-0.15, -0.1) is 0 Å². The fourth-order valence-electron chi connectivity index (χ4n) is 4.15. The summed E-state index contributed by atoms with van der Waals surface area (Å²) in [5.41, 5.74) is 2.20. The number of amides is 1. The highest BCUT2D eigenvalue weighted by molar-refractivity contribution is 8.26. The van der Waals surface area contributed by atoms with Crippen molar-refractivity contribution in [2.45, 2.75) is 20.0 Å². The van der Waals surface area contributed by atoms with Crippen molar-refractivity contribution in [1.29, 1.82) is 0 Å². The van der Waals surface area contributed by atoms with E-state index in [4.69, 9.17) is 31.1 Å². The summed E-state index contributed by atoms with van der Waals surface area (Å²) < 4.78 is 18.1. The highest BCUT2D eigenvalue weighted by Crippen LogP contribution is 2.36. The molecule has 6 rings (SSSR count). The number of thioether (sulfide) groups is 1. The highest BCUT2D eigenvalue weighted by atomic mass is 32.2. The number of nitrogens with one attached hydrogen (secondary N) is 1. The molecule has 9 nitrogen and oxygen atoms in total. The zero-order valence-electron chi connectivity index (χ0n) is 19.6. The fraction of sp³-hybridized carbons (Fsp3) is 0.154. The molecule has 5 heterocycles. The van der Waals surface area contributed by atoms with Crippen LogP contribution in [0.5, 0.6) is 11.5 Å². The largest absolute Gasteiger partial charge is 0.467 e. The number of rotatable bonds is 6. The summed E-state index contributed by atoms with van der Waals surface area (Å²) in [6.45, 7) is 2.66. The molecule has 4 aromatic rings. The number of hydrogen-bond donors (Lipinski definition) is 1. The summed E-state index contributed by atoms with van der Waals surface area (Å²) in [5.74, 6) is 2.07. The molecule has 0 bridgehead atoms. The third kappa shape index (κ3) is 4.36. The van der Waals surface area contributed by atoms with E-state index in [2.05, 4.69) is 5.32 Å². The van der Waals surface area contributed by atoms with Crippen LogP contribution in [-0.4, -0.2) is 31.3 Å². The quantitative estimate of drug-likeness (QED) is 0.287. The van der Waals surface area contributed by atoms with Gasteiger partial charge in [0.2, 0.25) is 6.79 Å². The number of hydrogen-bond acceptors (Lipinski definition) is 9. The van der Waals surface area contributed by atoms with Gasteiger partial charge in [-0.1, -0.05) is 36.1 Å². The molecule has 1 saturated heterocycles. The summed E-state index contributed by atoms with van der Waals surface area (Å²) in [7, 11) is 0. The Morgan fingerprint density at radius 2 is 2.03 bits per heavy atom. The van der Waals surface area contributed by atoms with Crippen LogP contribution in [0.4, 0.5) is 5.82 Å². The average molecular weight is 533 g/mol. The first-order chi connectivity index (χ1) is 18.0. The standard InChI is InChI=1S/C26H20N4O5S2/c1-15-4-2-8-29-23(15)28-22(27-12-17-5-3-9-33-17)18(24(29)31)11-21-25(32)30(26(36)37-21)13-16-6-7-19-20(10-16)35-14-34-19/h2-11,27H,12-14H2,1H3/b21-11+. The lowest BCUT2D eigenvalue weighted by Crippen LogP contribution is -2.27. The van der Waals surface area contributed by atoms with E-state index in [1.807, 2.05) is 37.3 Å². The predicted molar refractivity (Wildman–Crippen MR) is 144 cm³/mol. The molecule has 0 spiro atoms. The maximum Gasteiger partial charge on any atom is 0.267 e. The Kier molecular flexibility index (Phi) is 5.93. The van der Waals surface area contributed by atoms with Gasteiger partial charge in [-0.3, -0.25) is 18.9 Å². The van der Waals surface area contributed by atoms with Crippen LogP contribution in [0.3, 0.4) is 0 Å². The van der Waals surface area contributed by atoms with E-state index in [9.17, 15) is 9.59 Å². The summed E-state index contributed by atoms with van der Waals surface area (Å²) >= 11 is 6.67. The van der Waals surface area contributed by atoms with Crippen molar-refractivity contribution >= 4 is 51.7 Å². The zero-order valence-corrected chi connectivity index (χ0v) is 21.2. The Labute approximate surface area is 220 Å². The Morgan fingerprint density at radius 3 is 2.86 bits per heavy atom. The minimum Gasteiger partial charge on any atom is -0.467 e. The molecule has 1 aromatic carbocycles. The Balaban J connectivity index is 1.35. The Bertz CT molecular complexity index is 1640. The van der Waals surface area contributed by atoms with Crippen molar-refractivity contribution in [2.24, 2.45) is 0 Å². The van der Waals surface area contributed by atoms with Crippen molar-refractivity contribution in [2.75, 3.05) is 12.1 Å². The van der Waals surface area contributed by atoms with Gasteiger partial charge in [0.05, 0.1) is 29.8 Å². The first-order valence-corrected chi connectivity index (χ1v) is 12.6. The maximum absolute atomic E-state index is 13.5. The van der Waals surface area contributed by atoms with Gasteiger partial charge >= 0.3 is 0 Å². The van der Waals surface area contributed by atoms with E-state index in [1.54, 1.807) is 30.7 Å². The number of carbonyl (C=O) groups is 1. The van der Waals surface area contributed by atoms with Gasteiger partial charge in [0, 0.05) is 6.20 Å². The number of fused-ring (bicyclic) bond motifs is 2. The third-order valence-electron chi connectivity index (χ3n) is 6.02.